The largest absolute Gasteiger partial charge is 0.507 e. The van der Waals surface area contributed by atoms with Crippen LogP contribution < -0.4 is 5.56 Å². The van der Waals surface area contributed by atoms with Gasteiger partial charge in [0.1, 0.15) is 23.1 Å². The van der Waals surface area contributed by atoms with Crippen molar-refractivity contribution in [2.24, 2.45) is 5.92 Å². The predicted octanol–water partition coefficient (Wildman–Crippen LogP) is 5.25. The molecule has 5 nitrogen and oxygen atoms in total. The smallest absolute Gasteiger partial charge is 0.258 e. The van der Waals surface area contributed by atoms with Crippen molar-refractivity contribution < 1.29 is 23.8 Å². The van der Waals surface area contributed by atoms with Crippen LogP contribution in [0, 0.1) is 17.6 Å². The summed E-state index contributed by atoms with van der Waals surface area (Å²) in [5, 5.41) is 22.5. The molecule has 0 amide bonds. The van der Waals surface area contributed by atoms with Crippen molar-refractivity contribution in [3.8, 4) is 5.75 Å². The number of aryl methyl sites for hydroxylation is 2. The molecule has 1 aliphatic heterocycles. The average molecular weight is 478 g/mol. The molecule has 7 heteroatoms. The van der Waals surface area contributed by atoms with Crippen LogP contribution in [-0.2, 0) is 24.1 Å². The zero-order valence-corrected chi connectivity index (χ0v) is 19.5. The molecular formula is C28H25F2NO4. The first-order valence-electron chi connectivity index (χ1n) is 12.0. The molecule has 3 aliphatic rings. The molecule has 35 heavy (non-hydrogen) atoms. The van der Waals surface area contributed by atoms with Crippen LogP contribution in [0.5, 0.6) is 5.75 Å². The zero-order chi connectivity index (χ0) is 24.8. The van der Waals surface area contributed by atoms with Crippen molar-refractivity contribution in [3.05, 3.63) is 79.6 Å². The van der Waals surface area contributed by atoms with E-state index in [0.717, 1.165) is 5.56 Å². The molecule has 0 saturated carbocycles. The summed E-state index contributed by atoms with van der Waals surface area (Å²) in [5.41, 5.74) is 2.25. The number of Topliss-reactive ketones (excluding diaryl/α,β-unsaturated/α-hetero) is 1. The second-order valence-electron chi connectivity index (χ2n) is 10.2. The first-order chi connectivity index (χ1) is 16.7. The fraction of sp³-hybridized carbons (Fsp3) is 0.357. The molecule has 0 radical (unpaired) electrons. The van der Waals surface area contributed by atoms with Gasteiger partial charge in [0.15, 0.2) is 5.78 Å². The maximum atomic E-state index is 14.4. The van der Waals surface area contributed by atoms with Crippen LogP contribution in [0.3, 0.4) is 0 Å². The minimum atomic E-state index is -0.549. The lowest BCUT2D eigenvalue weighted by molar-refractivity contribution is -0.118. The van der Waals surface area contributed by atoms with Crippen molar-refractivity contribution in [3.63, 3.8) is 0 Å². The Bertz CT molecular complexity index is 1550. The Morgan fingerprint density at radius 1 is 0.971 bits per heavy atom. The number of carbonyl (C=O) groups is 1. The Morgan fingerprint density at radius 3 is 2.43 bits per heavy atom. The van der Waals surface area contributed by atoms with Crippen LogP contribution in [0.1, 0.15) is 66.5 Å². The number of allylic oxidation sites excluding steroid dienone is 1. The summed E-state index contributed by atoms with van der Waals surface area (Å²) >= 11 is 0. The van der Waals surface area contributed by atoms with E-state index in [1.807, 2.05) is 13.8 Å². The topological polar surface area (TPSA) is 79.5 Å². The van der Waals surface area contributed by atoms with Gasteiger partial charge in [-0.3, -0.25) is 9.59 Å². The summed E-state index contributed by atoms with van der Waals surface area (Å²) in [6.07, 6.45) is 2.22. The molecule has 2 heterocycles. The van der Waals surface area contributed by atoms with Gasteiger partial charge >= 0.3 is 0 Å². The third-order valence-electron chi connectivity index (χ3n) is 8.14. The van der Waals surface area contributed by atoms with E-state index in [1.54, 1.807) is 4.57 Å². The lowest BCUT2D eigenvalue weighted by Gasteiger charge is -2.36. The highest BCUT2D eigenvalue weighted by Crippen LogP contribution is 2.47. The van der Waals surface area contributed by atoms with Gasteiger partial charge in [-0.2, -0.15) is 0 Å². The Balaban J connectivity index is 1.59. The van der Waals surface area contributed by atoms with Crippen molar-refractivity contribution in [1.82, 2.24) is 4.57 Å². The highest BCUT2D eigenvalue weighted by molar-refractivity contribution is 6.09. The predicted molar refractivity (Wildman–Crippen MR) is 128 cm³/mol. The van der Waals surface area contributed by atoms with Gasteiger partial charge < -0.3 is 14.8 Å². The summed E-state index contributed by atoms with van der Waals surface area (Å²) in [4.78, 5) is 27.3. The van der Waals surface area contributed by atoms with Gasteiger partial charge in [0.05, 0.1) is 17.0 Å². The number of hydrogen-bond donors (Lipinski definition) is 2. The van der Waals surface area contributed by atoms with E-state index in [2.05, 4.69) is 0 Å². The Morgan fingerprint density at radius 2 is 1.66 bits per heavy atom. The molecular weight excluding hydrogens is 452 g/mol. The van der Waals surface area contributed by atoms with E-state index < -0.39 is 23.1 Å². The van der Waals surface area contributed by atoms with E-state index >= 15 is 0 Å². The number of nitrogens with zero attached hydrogens (tertiary/aromatic N) is 1. The fourth-order valence-electron chi connectivity index (χ4n) is 6.38. The maximum absolute atomic E-state index is 14.4. The number of aromatic nitrogens is 1. The molecule has 2 aliphatic carbocycles. The number of carbonyl (C=O) groups excluding carboxylic acids is 1. The molecule has 2 N–H and O–H groups in total. The molecule has 2 aromatic carbocycles. The van der Waals surface area contributed by atoms with E-state index in [4.69, 9.17) is 0 Å². The Hall–Kier alpha value is -3.48. The molecule has 0 spiro atoms. The van der Waals surface area contributed by atoms with Crippen molar-refractivity contribution in [2.45, 2.75) is 57.9 Å². The summed E-state index contributed by atoms with van der Waals surface area (Å²) in [6, 6.07) is 5.05. The molecule has 6 rings (SSSR count). The SMILES string of the molecule is C[C@@H]1CCc2cc(F)cc3c2[C@H]1C(=O)C(Cc1c(O)c2cc(F)cc4c2n(c1=O)[C@H](C)CC4)=C3O. The number of pyridine rings is 1. The third kappa shape index (κ3) is 3.03. The minimum absolute atomic E-state index is 0.0209. The van der Waals surface area contributed by atoms with E-state index in [9.17, 15) is 28.6 Å². The number of aliphatic hydroxyl groups is 1. The van der Waals surface area contributed by atoms with Gasteiger partial charge in [-0.05, 0) is 79.5 Å². The normalized spacial score (nSPS) is 23.1. The second kappa shape index (κ2) is 7.51. The molecule has 3 atom stereocenters. The Kier molecular flexibility index (Phi) is 4.72. The third-order valence-corrected chi connectivity index (χ3v) is 8.14. The van der Waals surface area contributed by atoms with Crippen molar-refractivity contribution >= 4 is 22.4 Å². The van der Waals surface area contributed by atoms with E-state index in [1.165, 1.54) is 24.3 Å². The highest BCUT2D eigenvalue weighted by Gasteiger charge is 2.42. The minimum Gasteiger partial charge on any atom is -0.507 e. The number of hydrogen-bond acceptors (Lipinski definition) is 4. The number of ketones is 1. The standard InChI is InChI=1S/C28H25F2NO4/c1-12-3-5-14-7-16(29)9-18-23(14)22(12)27(34)20(25(18)32)11-21-26(33)19-10-17(30)8-15-6-4-13(2)31(24(15)19)28(21)35/h7-10,12-13,22,32-33H,3-6,11H2,1-2H3/t12-,13-,22+/m1/s1. The summed E-state index contributed by atoms with van der Waals surface area (Å²) in [7, 11) is 0. The lowest BCUT2D eigenvalue weighted by atomic mass is 9.67. The number of benzene rings is 2. The highest BCUT2D eigenvalue weighted by atomic mass is 19.1. The zero-order valence-electron chi connectivity index (χ0n) is 19.5. The average Bonchev–Trinajstić information content (AvgIpc) is 2.81. The van der Waals surface area contributed by atoms with E-state index in [0.29, 0.717) is 42.3 Å². The maximum Gasteiger partial charge on any atom is 0.258 e. The molecule has 0 unspecified atom stereocenters. The van der Waals surface area contributed by atoms with Crippen LogP contribution in [0.25, 0.3) is 16.7 Å². The molecule has 180 valence electrons. The first-order valence-corrected chi connectivity index (χ1v) is 12.0. The number of rotatable bonds is 2. The molecule has 0 bridgehead atoms. The van der Waals surface area contributed by atoms with E-state index in [-0.39, 0.29) is 57.8 Å². The monoisotopic (exact) mass is 477 g/mol. The molecule has 0 saturated heterocycles. The van der Waals surface area contributed by atoms with Crippen LogP contribution in [0.2, 0.25) is 0 Å². The molecule has 3 aromatic rings. The van der Waals surface area contributed by atoms with Gasteiger partial charge in [0.25, 0.3) is 5.56 Å². The number of aromatic hydroxyl groups is 1. The number of aliphatic hydroxyl groups excluding tert-OH is 1. The molecule has 1 aromatic heterocycles. The fourth-order valence-corrected chi connectivity index (χ4v) is 6.38. The Labute approximate surface area is 200 Å². The van der Waals surface area contributed by atoms with Crippen molar-refractivity contribution in [1.29, 1.82) is 0 Å². The van der Waals surface area contributed by atoms with Crippen LogP contribution in [0.15, 0.2) is 34.6 Å². The van der Waals surface area contributed by atoms with Gasteiger partial charge in [-0.1, -0.05) is 6.92 Å². The van der Waals surface area contributed by atoms with Crippen LogP contribution in [0.4, 0.5) is 8.78 Å². The van der Waals surface area contributed by atoms with Crippen molar-refractivity contribution in [2.75, 3.05) is 0 Å². The summed E-state index contributed by atoms with van der Waals surface area (Å²) in [6.45, 7) is 3.85. The summed E-state index contributed by atoms with van der Waals surface area (Å²) in [5.74, 6) is -2.65. The van der Waals surface area contributed by atoms with Gasteiger partial charge in [-0.15, -0.1) is 0 Å². The number of halogens is 2. The van der Waals surface area contributed by atoms with Gasteiger partial charge in [-0.25, -0.2) is 8.78 Å². The van der Waals surface area contributed by atoms with Crippen LogP contribution in [-0.4, -0.2) is 20.6 Å². The molecule has 0 fully saturated rings. The summed E-state index contributed by atoms with van der Waals surface area (Å²) < 4.78 is 30.3. The van der Waals surface area contributed by atoms with Crippen LogP contribution >= 0.6 is 0 Å². The quantitative estimate of drug-likeness (QED) is 0.528. The van der Waals surface area contributed by atoms with Gasteiger partial charge in [0.2, 0.25) is 0 Å². The second-order valence-corrected chi connectivity index (χ2v) is 10.2. The van der Waals surface area contributed by atoms with Gasteiger partial charge in [0, 0.05) is 29.0 Å². The first kappa shape index (κ1) is 22.0. The lowest BCUT2D eigenvalue weighted by Crippen LogP contribution is -2.34.